The minimum Gasteiger partial charge on any atom is -0.381 e. The van der Waals surface area contributed by atoms with Gasteiger partial charge in [-0.2, -0.15) is 0 Å². The van der Waals surface area contributed by atoms with Crippen LogP contribution in [0.5, 0.6) is 0 Å². The van der Waals surface area contributed by atoms with E-state index in [-0.39, 0.29) is 18.2 Å². The molecule has 9 heteroatoms. The fourth-order valence-electron chi connectivity index (χ4n) is 5.59. The summed E-state index contributed by atoms with van der Waals surface area (Å²) in [6, 6.07) is 9.08. The second-order valence-corrected chi connectivity index (χ2v) is 9.63. The fraction of sp³-hybridized carbons (Fsp3) is 0.370. The number of rotatable bonds is 4. The molecular formula is C27H27N5O4. The van der Waals surface area contributed by atoms with Gasteiger partial charge in [0.25, 0.3) is 5.91 Å². The molecule has 2 aromatic heterocycles. The van der Waals surface area contributed by atoms with Crippen molar-refractivity contribution in [1.29, 1.82) is 0 Å². The van der Waals surface area contributed by atoms with Gasteiger partial charge in [-0.05, 0) is 49.1 Å². The molecule has 1 aromatic carbocycles. The average molecular weight is 486 g/mol. The van der Waals surface area contributed by atoms with Crippen LogP contribution in [0.3, 0.4) is 0 Å². The smallest absolute Gasteiger partial charge is 0.255 e. The van der Waals surface area contributed by atoms with Gasteiger partial charge in [0.05, 0.1) is 11.4 Å². The van der Waals surface area contributed by atoms with Crippen molar-refractivity contribution in [3.8, 4) is 22.5 Å². The number of imide groups is 1. The predicted octanol–water partition coefficient (Wildman–Crippen LogP) is 2.80. The highest BCUT2D eigenvalue weighted by Crippen LogP contribution is 2.38. The Balaban J connectivity index is 1.39. The number of hydrogen-bond donors (Lipinski definition) is 1. The second kappa shape index (κ2) is 8.98. The standard InChI is InChI=1S/C27H27N5O4/c1-31-24(18-3-2-10-28-14-18)23(30-25(31)16-8-11-36-12-9-16)17-4-5-20-19(13-17)15-32(27(20)35)21-6-7-22(33)29-26(21)34/h2-5,10,13-14,16,21H,6-9,11-12,15H2,1H3,(H,29,33,34)/t21-/m1/s1. The lowest BCUT2D eigenvalue weighted by atomic mass is 9.99. The van der Waals surface area contributed by atoms with Crippen LogP contribution in [0.25, 0.3) is 22.5 Å². The van der Waals surface area contributed by atoms with Crippen molar-refractivity contribution in [2.24, 2.45) is 7.05 Å². The number of carbonyl (C=O) groups is 3. The molecule has 2 fully saturated rings. The zero-order valence-corrected chi connectivity index (χ0v) is 20.1. The summed E-state index contributed by atoms with van der Waals surface area (Å²) in [6.45, 7) is 1.79. The fourth-order valence-corrected chi connectivity index (χ4v) is 5.59. The SMILES string of the molecule is Cn1c(C2CCOCC2)nc(-c2ccc3c(c2)CN([C@@H]2CCC(=O)NC2=O)C3=O)c1-c1cccnc1. The van der Waals surface area contributed by atoms with Crippen LogP contribution >= 0.6 is 0 Å². The van der Waals surface area contributed by atoms with Crippen LogP contribution in [0.4, 0.5) is 0 Å². The van der Waals surface area contributed by atoms with Crippen molar-refractivity contribution in [2.45, 2.75) is 44.2 Å². The van der Waals surface area contributed by atoms with E-state index in [2.05, 4.69) is 14.9 Å². The molecule has 0 aliphatic carbocycles. The van der Waals surface area contributed by atoms with Gasteiger partial charge in [-0.1, -0.05) is 6.07 Å². The average Bonchev–Trinajstić information content (AvgIpc) is 3.41. The summed E-state index contributed by atoms with van der Waals surface area (Å²) in [7, 11) is 2.05. The number of aromatic nitrogens is 3. The molecule has 3 aromatic rings. The number of imidazole rings is 1. The van der Waals surface area contributed by atoms with E-state index >= 15 is 0 Å². The Morgan fingerprint density at radius 2 is 1.89 bits per heavy atom. The summed E-state index contributed by atoms with van der Waals surface area (Å²) in [4.78, 5) is 48.2. The number of amides is 3. The largest absolute Gasteiger partial charge is 0.381 e. The normalized spacial score (nSPS) is 20.5. The monoisotopic (exact) mass is 485 g/mol. The van der Waals surface area contributed by atoms with Crippen LogP contribution < -0.4 is 5.32 Å². The first kappa shape index (κ1) is 22.6. The quantitative estimate of drug-likeness (QED) is 0.570. The Bertz CT molecular complexity index is 1360. The molecule has 0 saturated carbocycles. The van der Waals surface area contributed by atoms with Gasteiger partial charge in [0, 0.05) is 68.2 Å². The summed E-state index contributed by atoms with van der Waals surface area (Å²) in [5, 5.41) is 2.36. The lowest BCUT2D eigenvalue weighted by Crippen LogP contribution is -2.52. The van der Waals surface area contributed by atoms with E-state index in [0.29, 0.717) is 24.4 Å². The molecule has 6 rings (SSSR count). The number of carbonyl (C=O) groups excluding carboxylic acids is 3. The predicted molar refractivity (Wildman–Crippen MR) is 131 cm³/mol. The summed E-state index contributed by atoms with van der Waals surface area (Å²) in [6.07, 6.45) is 6.03. The van der Waals surface area contributed by atoms with Crippen molar-refractivity contribution in [2.75, 3.05) is 13.2 Å². The minimum atomic E-state index is -0.632. The highest BCUT2D eigenvalue weighted by atomic mass is 16.5. The zero-order valence-electron chi connectivity index (χ0n) is 20.1. The molecule has 3 amide bonds. The van der Waals surface area contributed by atoms with Crippen molar-refractivity contribution in [3.05, 3.63) is 59.7 Å². The highest BCUT2D eigenvalue weighted by molar-refractivity contribution is 6.05. The van der Waals surface area contributed by atoms with Crippen molar-refractivity contribution in [3.63, 3.8) is 0 Å². The van der Waals surface area contributed by atoms with Crippen molar-refractivity contribution < 1.29 is 19.1 Å². The van der Waals surface area contributed by atoms with Gasteiger partial charge < -0.3 is 14.2 Å². The lowest BCUT2D eigenvalue weighted by Gasteiger charge is -2.29. The molecule has 3 aliphatic heterocycles. The Labute approximate surface area is 208 Å². The number of benzene rings is 1. The molecule has 36 heavy (non-hydrogen) atoms. The third-order valence-electron chi connectivity index (χ3n) is 7.45. The molecule has 5 heterocycles. The van der Waals surface area contributed by atoms with E-state index in [1.165, 1.54) is 0 Å². The van der Waals surface area contributed by atoms with Crippen LogP contribution in [0, 0.1) is 0 Å². The molecular weight excluding hydrogens is 458 g/mol. The Hall–Kier alpha value is -3.85. The number of nitrogens with zero attached hydrogens (tertiary/aromatic N) is 4. The molecule has 0 bridgehead atoms. The number of nitrogens with one attached hydrogen (secondary N) is 1. The van der Waals surface area contributed by atoms with Crippen LogP contribution in [-0.2, 0) is 27.9 Å². The summed E-state index contributed by atoms with van der Waals surface area (Å²) < 4.78 is 7.73. The van der Waals surface area contributed by atoms with E-state index < -0.39 is 11.9 Å². The van der Waals surface area contributed by atoms with Gasteiger partial charge in [0.1, 0.15) is 11.9 Å². The number of piperidine rings is 1. The topological polar surface area (TPSA) is 106 Å². The van der Waals surface area contributed by atoms with E-state index in [9.17, 15) is 14.4 Å². The summed E-state index contributed by atoms with van der Waals surface area (Å²) >= 11 is 0. The van der Waals surface area contributed by atoms with E-state index in [0.717, 1.165) is 60.0 Å². The van der Waals surface area contributed by atoms with Crippen LogP contribution in [0.2, 0.25) is 0 Å². The maximum Gasteiger partial charge on any atom is 0.255 e. The number of hydrogen-bond acceptors (Lipinski definition) is 6. The maximum absolute atomic E-state index is 13.1. The molecule has 0 radical (unpaired) electrons. The third-order valence-corrected chi connectivity index (χ3v) is 7.45. The molecule has 1 atom stereocenters. The number of ether oxygens (including phenoxy) is 1. The Kier molecular flexibility index (Phi) is 5.64. The van der Waals surface area contributed by atoms with Gasteiger partial charge in [-0.3, -0.25) is 24.7 Å². The van der Waals surface area contributed by atoms with Gasteiger partial charge in [-0.25, -0.2) is 4.98 Å². The summed E-state index contributed by atoms with van der Waals surface area (Å²) in [5.74, 6) is 0.460. The van der Waals surface area contributed by atoms with Gasteiger partial charge in [0.2, 0.25) is 11.8 Å². The molecule has 0 spiro atoms. The van der Waals surface area contributed by atoms with E-state index in [1.54, 1.807) is 11.1 Å². The number of fused-ring (bicyclic) bond motifs is 1. The summed E-state index contributed by atoms with van der Waals surface area (Å²) in [5.41, 5.74) is 5.17. The van der Waals surface area contributed by atoms with Crippen molar-refractivity contribution >= 4 is 17.7 Å². The van der Waals surface area contributed by atoms with Crippen LogP contribution in [0.1, 0.15) is 53.3 Å². The van der Waals surface area contributed by atoms with Crippen LogP contribution in [-0.4, -0.2) is 56.4 Å². The van der Waals surface area contributed by atoms with Gasteiger partial charge >= 0.3 is 0 Å². The third kappa shape index (κ3) is 3.80. The number of pyridine rings is 1. The van der Waals surface area contributed by atoms with Gasteiger partial charge in [-0.15, -0.1) is 0 Å². The first-order valence-corrected chi connectivity index (χ1v) is 12.3. The van der Waals surface area contributed by atoms with Gasteiger partial charge in [0.15, 0.2) is 0 Å². The van der Waals surface area contributed by atoms with Crippen LogP contribution in [0.15, 0.2) is 42.7 Å². The second-order valence-electron chi connectivity index (χ2n) is 9.63. The molecule has 2 saturated heterocycles. The molecule has 184 valence electrons. The minimum absolute atomic E-state index is 0.178. The maximum atomic E-state index is 13.1. The van der Waals surface area contributed by atoms with Crippen molar-refractivity contribution in [1.82, 2.24) is 24.8 Å². The first-order chi connectivity index (χ1) is 17.5. The molecule has 9 nitrogen and oxygen atoms in total. The molecule has 0 unspecified atom stereocenters. The Morgan fingerprint density at radius 1 is 1.06 bits per heavy atom. The lowest BCUT2D eigenvalue weighted by molar-refractivity contribution is -0.136. The highest BCUT2D eigenvalue weighted by Gasteiger charge is 2.39. The first-order valence-electron chi connectivity index (χ1n) is 12.3. The zero-order chi connectivity index (χ0) is 24.8. The molecule has 1 N–H and O–H groups in total. The van der Waals surface area contributed by atoms with E-state index in [4.69, 9.17) is 9.72 Å². The Morgan fingerprint density at radius 3 is 2.64 bits per heavy atom. The molecule has 3 aliphatic rings. The van der Waals surface area contributed by atoms with E-state index in [1.807, 2.05) is 43.6 Å².